The molecule has 182 valence electrons. The van der Waals surface area contributed by atoms with E-state index in [9.17, 15) is 9.59 Å². The fourth-order valence-electron chi connectivity index (χ4n) is 3.48. The first kappa shape index (κ1) is 25.2. The lowest BCUT2D eigenvalue weighted by molar-refractivity contribution is -0.136. The molecule has 0 heterocycles. The molecule has 0 aliphatic rings. The number of ether oxygens (including phenoxy) is 2. The number of amides is 2. The van der Waals surface area contributed by atoms with Crippen molar-refractivity contribution in [1.29, 1.82) is 0 Å². The van der Waals surface area contributed by atoms with Crippen molar-refractivity contribution in [3.05, 3.63) is 99.5 Å². The normalized spacial score (nSPS) is 10.9. The van der Waals surface area contributed by atoms with Gasteiger partial charge in [0.25, 0.3) is 0 Å². The third-order valence-electron chi connectivity index (χ3n) is 5.21. The van der Waals surface area contributed by atoms with Crippen molar-refractivity contribution in [2.75, 3.05) is 12.4 Å². The molecule has 0 aliphatic heterocycles. The van der Waals surface area contributed by atoms with Crippen molar-refractivity contribution in [2.24, 2.45) is 5.10 Å². The number of para-hydroxylation sites is 1. The Kier molecular flexibility index (Phi) is 8.20. The van der Waals surface area contributed by atoms with Crippen molar-refractivity contribution in [3.8, 4) is 11.5 Å². The summed E-state index contributed by atoms with van der Waals surface area (Å²) < 4.78 is 12.2. The standard InChI is InChI=1S/C27H21BrClN3O4/c1-35-24-14-17(15-30-32-27(34)26(33)31-23-12-5-4-11-22(23)29)13-21(28)25(24)36-16-19-9-6-8-18-7-2-3-10-20(18)19/h2-15H,16H2,1H3,(H,31,33)(H,32,34)/b30-15+. The lowest BCUT2D eigenvalue weighted by atomic mass is 10.1. The summed E-state index contributed by atoms with van der Waals surface area (Å²) in [5.41, 5.74) is 4.18. The van der Waals surface area contributed by atoms with E-state index in [2.05, 4.69) is 50.0 Å². The molecule has 0 atom stereocenters. The molecule has 0 saturated carbocycles. The molecule has 7 nitrogen and oxygen atoms in total. The number of halogens is 2. The second-order valence-electron chi connectivity index (χ2n) is 7.59. The first-order valence-corrected chi connectivity index (χ1v) is 12.0. The smallest absolute Gasteiger partial charge is 0.329 e. The van der Waals surface area contributed by atoms with Gasteiger partial charge in [-0.05, 0) is 62.1 Å². The Morgan fingerprint density at radius 3 is 2.56 bits per heavy atom. The van der Waals surface area contributed by atoms with Crippen LogP contribution < -0.4 is 20.2 Å². The van der Waals surface area contributed by atoms with Crippen LogP contribution in [0.3, 0.4) is 0 Å². The summed E-state index contributed by atoms with van der Waals surface area (Å²) in [6.07, 6.45) is 1.39. The third kappa shape index (κ3) is 6.02. The minimum absolute atomic E-state index is 0.321. The number of carbonyl (C=O) groups excluding carboxylic acids is 2. The predicted molar refractivity (Wildman–Crippen MR) is 145 cm³/mol. The van der Waals surface area contributed by atoms with Crippen LogP contribution in [0.5, 0.6) is 11.5 Å². The molecule has 2 N–H and O–H groups in total. The second-order valence-corrected chi connectivity index (χ2v) is 8.86. The number of nitrogens with one attached hydrogen (secondary N) is 2. The maximum Gasteiger partial charge on any atom is 0.329 e. The highest BCUT2D eigenvalue weighted by Crippen LogP contribution is 2.37. The van der Waals surface area contributed by atoms with E-state index in [1.807, 2.05) is 24.3 Å². The van der Waals surface area contributed by atoms with Gasteiger partial charge < -0.3 is 14.8 Å². The zero-order valence-corrected chi connectivity index (χ0v) is 21.5. The number of hydrogen-bond acceptors (Lipinski definition) is 5. The zero-order chi connectivity index (χ0) is 25.5. The summed E-state index contributed by atoms with van der Waals surface area (Å²) in [6.45, 7) is 0.348. The predicted octanol–water partition coefficient (Wildman–Crippen LogP) is 5.93. The zero-order valence-electron chi connectivity index (χ0n) is 19.1. The average Bonchev–Trinajstić information content (AvgIpc) is 2.89. The van der Waals surface area contributed by atoms with Gasteiger partial charge in [-0.1, -0.05) is 66.2 Å². The Morgan fingerprint density at radius 2 is 1.75 bits per heavy atom. The summed E-state index contributed by atoms with van der Waals surface area (Å²) in [4.78, 5) is 24.1. The summed E-state index contributed by atoms with van der Waals surface area (Å²) in [5, 5.41) is 8.87. The summed E-state index contributed by atoms with van der Waals surface area (Å²) >= 11 is 9.51. The molecular weight excluding hydrogens is 546 g/mol. The molecular formula is C27H21BrClN3O4. The third-order valence-corrected chi connectivity index (χ3v) is 6.13. The van der Waals surface area contributed by atoms with E-state index in [0.29, 0.717) is 38.9 Å². The van der Waals surface area contributed by atoms with Gasteiger partial charge in [0.1, 0.15) is 6.61 Å². The van der Waals surface area contributed by atoms with Crippen LogP contribution in [0.15, 0.2) is 88.4 Å². The highest BCUT2D eigenvalue weighted by Gasteiger charge is 2.15. The Balaban J connectivity index is 1.42. The van der Waals surface area contributed by atoms with Gasteiger partial charge in [-0.15, -0.1) is 0 Å². The average molecular weight is 567 g/mol. The van der Waals surface area contributed by atoms with E-state index in [0.717, 1.165) is 16.3 Å². The van der Waals surface area contributed by atoms with Crippen molar-refractivity contribution in [3.63, 3.8) is 0 Å². The molecule has 0 unspecified atom stereocenters. The number of methoxy groups -OCH3 is 1. The molecule has 0 bridgehead atoms. The van der Waals surface area contributed by atoms with Crippen LogP contribution in [-0.2, 0) is 16.2 Å². The van der Waals surface area contributed by atoms with Gasteiger partial charge in [0.2, 0.25) is 0 Å². The lowest BCUT2D eigenvalue weighted by Crippen LogP contribution is -2.32. The molecule has 36 heavy (non-hydrogen) atoms. The fourth-order valence-corrected chi connectivity index (χ4v) is 4.24. The Morgan fingerprint density at radius 1 is 1.00 bits per heavy atom. The fraction of sp³-hybridized carbons (Fsp3) is 0.0741. The molecule has 4 rings (SSSR count). The van der Waals surface area contributed by atoms with Crippen molar-refractivity contribution >= 4 is 62.0 Å². The van der Waals surface area contributed by atoms with Crippen LogP contribution in [0.25, 0.3) is 10.8 Å². The second kappa shape index (κ2) is 11.7. The van der Waals surface area contributed by atoms with Crippen molar-refractivity contribution in [2.45, 2.75) is 6.61 Å². The van der Waals surface area contributed by atoms with Crippen LogP contribution >= 0.6 is 27.5 Å². The minimum atomic E-state index is -0.938. The van der Waals surface area contributed by atoms with E-state index >= 15 is 0 Å². The highest BCUT2D eigenvalue weighted by atomic mass is 79.9. The van der Waals surface area contributed by atoms with Gasteiger partial charge >= 0.3 is 11.8 Å². The van der Waals surface area contributed by atoms with E-state index < -0.39 is 11.8 Å². The SMILES string of the molecule is COc1cc(/C=N/NC(=O)C(=O)Nc2ccccc2Cl)cc(Br)c1OCc1cccc2ccccc12. The molecule has 0 aromatic heterocycles. The quantitative estimate of drug-likeness (QED) is 0.165. The Labute approximate surface area is 221 Å². The van der Waals surface area contributed by atoms with E-state index in [1.165, 1.54) is 13.3 Å². The molecule has 0 aliphatic carbocycles. The number of carbonyl (C=O) groups is 2. The largest absolute Gasteiger partial charge is 0.493 e. The number of hydrazone groups is 1. The highest BCUT2D eigenvalue weighted by molar-refractivity contribution is 9.10. The molecule has 0 radical (unpaired) electrons. The van der Waals surface area contributed by atoms with E-state index in [1.54, 1.807) is 36.4 Å². The van der Waals surface area contributed by atoms with Crippen LogP contribution in [-0.4, -0.2) is 25.1 Å². The molecule has 4 aromatic rings. The summed E-state index contributed by atoms with van der Waals surface area (Å²) in [6, 6.07) is 24.3. The van der Waals surface area contributed by atoms with Crippen molar-refractivity contribution < 1.29 is 19.1 Å². The molecule has 2 amide bonds. The van der Waals surface area contributed by atoms with Crippen LogP contribution in [0.1, 0.15) is 11.1 Å². The van der Waals surface area contributed by atoms with Gasteiger partial charge in [-0.25, -0.2) is 5.43 Å². The van der Waals surface area contributed by atoms with Gasteiger partial charge in [0, 0.05) is 0 Å². The monoisotopic (exact) mass is 565 g/mol. The van der Waals surface area contributed by atoms with Crippen molar-refractivity contribution in [1.82, 2.24) is 5.43 Å². The van der Waals surface area contributed by atoms with Crippen LogP contribution in [0, 0.1) is 0 Å². The lowest BCUT2D eigenvalue weighted by Gasteiger charge is -2.14. The number of fused-ring (bicyclic) bond motifs is 1. The van der Waals surface area contributed by atoms with E-state index in [-0.39, 0.29) is 0 Å². The Bertz CT molecular complexity index is 1450. The molecule has 9 heteroatoms. The molecule has 0 fully saturated rings. The number of hydrogen-bond donors (Lipinski definition) is 2. The number of anilines is 1. The topological polar surface area (TPSA) is 89.0 Å². The Hall–Kier alpha value is -3.88. The maximum absolute atomic E-state index is 12.1. The minimum Gasteiger partial charge on any atom is -0.493 e. The summed E-state index contributed by atoms with van der Waals surface area (Å²) in [7, 11) is 1.54. The number of benzene rings is 4. The van der Waals surface area contributed by atoms with E-state index in [4.69, 9.17) is 21.1 Å². The van der Waals surface area contributed by atoms with Gasteiger partial charge in [0.05, 0.1) is 28.5 Å². The number of nitrogens with zero attached hydrogens (tertiary/aromatic N) is 1. The molecule has 4 aromatic carbocycles. The van der Waals surface area contributed by atoms with Gasteiger partial charge in [-0.2, -0.15) is 5.10 Å². The maximum atomic E-state index is 12.1. The molecule has 0 spiro atoms. The molecule has 0 saturated heterocycles. The van der Waals surface area contributed by atoms with Gasteiger partial charge in [-0.3, -0.25) is 9.59 Å². The first-order chi connectivity index (χ1) is 17.5. The van der Waals surface area contributed by atoms with Gasteiger partial charge in [0.15, 0.2) is 11.5 Å². The summed E-state index contributed by atoms with van der Waals surface area (Å²) in [5.74, 6) is -0.817. The van der Waals surface area contributed by atoms with Crippen LogP contribution in [0.2, 0.25) is 5.02 Å². The first-order valence-electron chi connectivity index (χ1n) is 10.8. The number of rotatable bonds is 7. The van der Waals surface area contributed by atoms with Crippen LogP contribution in [0.4, 0.5) is 5.69 Å².